The van der Waals surface area contributed by atoms with Crippen molar-refractivity contribution in [2.45, 2.75) is 11.0 Å². The highest BCUT2D eigenvalue weighted by Crippen LogP contribution is 2.24. The largest absolute Gasteiger partial charge is 0.439 e. The van der Waals surface area contributed by atoms with E-state index in [0.29, 0.717) is 25.4 Å². The Labute approximate surface area is 171 Å². The molecule has 1 aliphatic rings. The summed E-state index contributed by atoms with van der Waals surface area (Å²) >= 11 is 0. The fraction of sp³-hybridized carbons (Fsp3) is 0.263. The summed E-state index contributed by atoms with van der Waals surface area (Å²) in [6.07, 6.45) is 0.765. The lowest BCUT2D eigenvalue weighted by atomic mass is 10.1. The molecule has 1 N–H and O–H groups in total. The molecule has 0 radical (unpaired) electrons. The Hall–Kier alpha value is -3.31. The van der Waals surface area contributed by atoms with Crippen molar-refractivity contribution in [2.75, 3.05) is 26.0 Å². The molecule has 156 valence electrons. The van der Waals surface area contributed by atoms with Gasteiger partial charge in [0.1, 0.15) is 17.5 Å². The van der Waals surface area contributed by atoms with Crippen LogP contribution in [0.15, 0.2) is 56.7 Å². The number of pyridine rings is 1. The van der Waals surface area contributed by atoms with Gasteiger partial charge < -0.3 is 9.64 Å². The molecule has 30 heavy (non-hydrogen) atoms. The van der Waals surface area contributed by atoms with Crippen LogP contribution in [0.5, 0.6) is 0 Å². The van der Waals surface area contributed by atoms with Crippen molar-refractivity contribution in [3.8, 4) is 11.5 Å². The Morgan fingerprint density at radius 1 is 1.20 bits per heavy atom. The number of aromatic nitrogens is 3. The number of H-pyrrole nitrogens is 1. The fourth-order valence-corrected chi connectivity index (χ4v) is 3.78. The Bertz CT molecular complexity index is 1230. The van der Waals surface area contributed by atoms with E-state index in [9.17, 15) is 18.0 Å². The van der Waals surface area contributed by atoms with Crippen LogP contribution in [0, 0.1) is 0 Å². The van der Waals surface area contributed by atoms with Gasteiger partial charge in [-0.3, -0.25) is 14.3 Å². The number of benzene rings is 1. The number of nitrogens with one attached hydrogen (secondary N) is 1. The molecule has 0 bridgehead atoms. The maximum absolute atomic E-state index is 13.0. The van der Waals surface area contributed by atoms with E-state index in [1.165, 1.54) is 12.1 Å². The summed E-state index contributed by atoms with van der Waals surface area (Å²) in [6.45, 7) is 1.02. The molecule has 11 heteroatoms. The molecule has 3 heterocycles. The molecule has 0 aliphatic carbocycles. The Morgan fingerprint density at radius 2 is 1.97 bits per heavy atom. The first-order valence-electron chi connectivity index (χ1n) is 9.05. The normalized spacial score (nSPS) is 17.1. The van der Waals surface area contributed by atoms with E-state index >= 15 is 0 Å². The molecule has 3 aromatic rings. The van der Waals surface area contributed by atoms with Gasteiger partial charge in [0, 0.05) is 12.8 Å². The lowest BCUT2D eigenvalue weighted by Gasteiger charge is -2.33. The summed E-state index contributed by atoms with van der Waals surface area (Å²) in [5.41, 5.74) is 1.29. The number of nitrogens with zero attached hydrogens (tertiary/aromatic N) is 3. The zero-order chi connectivity index (χ0) is 21.3. The van der Waals surface area contributed by atoms with Gasteiger partial charge in [-0.15, -0.1) is 0 Å². The van der Waals surface area contributed by atoms with Crippen molar-refractivity contribution in [3.63, 3.8) is 0 Å². The third kappa shape index (κ3) is 4.16. The Kier molecular flexibility index (Phi) is 5.22. The minimum absolute atomic E-state index is 0.139. The topological polar surface area (TPSA) is 135 Å². The number of morpholine rings is 1. The molecule has 0 spiro atoms. The second-order valence-corrected chi connectivity index (χ2v) is 8.82. The number of aromatic amines is 1. The van der Waals surface area contributed by atoms with Crippen molar-refractivity contribution in [3.05, 3.63) is 64.3 Å². The van der Waals surface area contributed by atoms with Crippen LogP contribution in [0.3, 0.4) is 0 Å². The van der Waals surface area contributed by atoms with Crippen LogP contribution in [-0.2, 0) is 14.6 Å². The van der Waals surface area contributed by atoms with Crippen LogP contribution >= 0.6 is 0 Å². The molecule has 10 nitrogen and oxygen atoms in total. The molecule has 1 unspecified atom stereocenters. The Balaban J connectivity index is 1.52. The van der Waals surface area contributed by atoms with E-state index in [2.05, 4.69) is 19.6 Å². The summed E-state index contributed by atoms with van der Waals surface area (Å²) in [6, 6.07) is 11.3. The molecule has 1 amide bonds. The van der Waals surface area contributed by atoms with E-state index in [1.54, 1.807) is 35.2 Å². The lowest BCUT2D eigenvalue weighted by molar-refractivity contribution is -0.0230. The quantitative estimate of drug-likeness (QED) is 0.649. The molecular weight excluding hydrogens is 412 g/mol. The predicted molar refractivity (Wildman–Crippen MR) is 105 cm³/mol. The number of ether oxygens (including phenoxy) is 1. The molecule has 1 aliphatic heterocycles. The van der Waals surface area contributed by atoms with Crippen molar-refractivity contribution in [1.82, 2.24) is 20.0 Å². The van der Waals surface area contributed by atoms with Gasteiger partial charge in [-0.2, -0.15) is 0 Å². The minimum Gasteiger partial charge on any atom is -0.370 e. The van der Waals surface area contributed by atoms with Gasteiger partial charge in [-0.1, -0.05) is 23.4 Å². The van der Waals surface area contributed by atoms with Crippen LogP contribution in [0.1, 0.15) is 22.2 Å². The first-order valence-corrected chi connectivity index (χ1v) is 10.9. The number of rotatable bonds is 4. The van der Waals surface area contributed by atoms with Crippen LogP contribution < -0.4 is 5.76 Å². The van der Waals surface area contributed by atoms with Crippen LogP contribution in [0.25, 0.3) is 11.5 Å². The summed E-state index contributed by atoms with van der Waals surface area (Å²) in [7, 11) is -3.28. The summed E-state index contributed by atoms with van der Waals surface area (Å²) < 4.78 is 33.5. The average Bonchev–Trinajstić information content (AvgIpc) is 3.19. The monoisotopic (exact) mass is 430 g/mol. The second kappa shape index (κ2) is 7.84. The minimum atomic E-state index is -3.28. The molecule has 4 rings (SSSR count). The second-order valence-electron chi connectivity index (χ2n) is 6.80. The maximum Gasteiger partial charge on any atom is 0.439 e. The molecule has 2 aromatic heterocycles. The zero-order valence-corrected chi connectivity index (χ0v) is 16.8. The number of carbonyl (C=O) groups is 1. The van der Waals surface area contributed by atoms with Crippen LogP contribution in [0.2, 0.25) is 0 Å². The molecule has 1 fully saturated rings. The van der Waals surface area contributed by atoms with Gasteiger partial charge in [0.05, 0.1) is 18.0 Å². The first-order chi connectivity index (χ1) is 14.3. The number of hydrogen-bond donors (Lipinski definition) is 1. The first kappa shape index (κ1) is 20.0. The summed E-state index contributed by atoms with van der Waals surface area (Å²) in [4.78, 5) is 32.6. The Morgan fingerprint density at radius 3 is 2.63 bits per heavy atom. The third-order valence-corrected chi connectivity index (χ3v) is 5.81. The summed E-state index contributed by atoms with van der Waals surface area (Å²) in [5.74, 6) is -0.856. The number of amides is 1. The smallest absolute Gasteiger partial charge is 0.370 e. The molecular formula is C19H18N4O6S. The molecule has 1 aromatic carbocycles. The van der Waals surface area contributed by atoms with Gasteiger partial charge in [-0.05, 0) is 29.8 Å². The zero-order valence-electron chi connectivity index (χ0n) is 15.9. The van der Waals surface area contributed by atoms with Gasteiger partial charge in [0.15, 0.2) is 9.84 Å². The molecule has 0 saturated carbocycles. The van der Waals surface area contributed by atoms with Crippen LogP contribution in [0.4, 0.5) is 0 Å². The molecule has 1 atom stereocenters. The fourth-order valence-electron chi connectivity index (χ4n) is 3.15. The van der Waals surface area contributed by atoms with Crippen molar-refractivity contribution >= 4 is 15.7 Å². The number of hydrogen-bond acceptors (Lipinski definition) is 8. The highest BCUT2D eigenvalue weighted by atomic mass is 32.2. The predicted octanol–water partition coefficient (Wildman–Crippen LogP) is 1.04. The van der Waals surface area contributed by atoms with E-state index < -0.39 is 15.6 Å². The highest BCUT2D eigenvalue weighted by Gasteiger charge is 2.27. The standard InChI is InChI=1S/C19H18N4O6S/c1-30(26,27)13-7-5-12(6-8-13)16-11-23(9-10-28-16)18(24)15-4-2-3-14(20-15)17-21-19(25)29-22-17/h2-8,16H,9-11H2,1H3,(H,21,22,25). The van der Waals surface area contributed by atoms with E-state index in [1.807, 2.05) is 0 Å². The molecule has 1 saturated heterocycles. The summed E-state index contributed by atoms with van der Waals surface area (Å²) in [5, 5.41) is 3.58. The lowest BCUT2D eigenvalue weighted by Crippen LogP contribution is -2.42. The van der Waals surface area contributed by atoms with Gasteiger partial charge in [0.25, 0.3) is 5.91 Å². The third-order valence-electron chi connectivity index (χ3n) is 4.68. The van der Waals surface area contributed by atoms with Gasteiger partial charge in [0.2, 0.25) is 5.82 Å². The maximum atomic E-state index is 13.0. The van der Waals surface area contributed by atoms with E-state index in [-0.39, 0.29) is 28.4 Å². The average molecular weight is 430 g/mol. The van der Waals surface area contributed by atoms with Crippen molar-refractivity contribution < 1.29 is 22.5 Å². The van der Waals surface area contributed by atoms with E-state index in [0.717, 1.165) is 11.8 Å². The van der Waals surface area contributed by atoms with Gasteiger partial charge >= 0.3 is 5.76 Å². The van der Waals surface area contributed by atoms with Crippen molar-refractivity contribution in [1.29, 1.82) is 0 Å². The number of carbonyl (C=O) groups excluding carboxylic acids is 1. The van der Waals surface area contributed by atoms with Crippen LogP contribution in [-0.4, -0.2) is 60.3 Å². The van der Waals surface area contributed by atoms with Crippen molar-refractivity contribution in [2.24, 2.45) is 0 Å². The van der Waals surface area contributed by atoms with Gasteiger partial charge in [-0.25, -0.2) is 18.2 Å². The highest BCUT2D eigenvalue weighted by molar-refractivity contribution is 7.90. The SMILES string of the molecule is CS(=O)(=O)c1ccc(C2CN(C(=O)c3cccc(-c4noc(=O)[nH]4)n3)CCO2)cc1. The number of sulfone groups is 1. The van der Waals surface area contributed by atoms with E-state index in [4.69, 9.17) is 4.74 Å².